The van der Waals surface area contributed by atoms with Crippen LogP contribution in [-0.2, 0) is 0 Å². The highest BCUT2D eigenvalue weighted by molar-refractivity contribution is 9.10. The fourth-order valence-electron chi connectivity index (χ4n) is 2.16. The molecule has 0 heterocycles. The Kier molecular flexibility index (Phi) is 5.57. The van der Waals surface area contributed by atoms with E-state index in [-0.39, 0.29) is 0 Å². The Morgan fingerprint density at radius 3 is 1.64 bits per heavy atom. The molecule has 0 saturated heterocycles. The SMILES string of the molecule is COc1cccc(C#Cc2ccc(C#Cc3ccc(Br)cc3)cc2)c1. The van der Waals surface area contributed by atoms with E-state index in [9.17, 15) is 0 Å². The Morgan fingerprint density at radius 2 is 1.12 bits per heavy atom. The summed E-state index contributed by atoms with van der Waals surface area (Å²) in [6.07, 6.45) is 0. The molecule has 0 unspecified atom stereocenters. The first-order valence-electron chi connectivity index (χ1n) is 7.77. The van der Waals surface area contributed by atoms with Gasteiger partial charge in [0.25, 0.3) is 0 Å². The van der Waals surface area contributed by atoms with Crippen molar-refractivity contribution >= 4 is 15.9 Å². The summed E-state index contributed by atoms with van der Waals surface area (Å²) in [7, 11) is 1.65. The molecule has 0 aliphatic rings. The molecule has 3 aromatic carbocycles. The lowest BCUT2D eigenvalue weighted by Gasteiger charge is -1.98. The van der Waals surface area contributed by atoms with E-state index in [0.29, 0.717) is 0 Å². The largest absolute Gasteiger partial charge is 0.497 e. The van der Waals surface area contributed by atoms with Gasteiger partial charge in [0.1, 0.15) is 5.75 Å². The lowest BCUT2D eigenvalue weighted by atomic mass is 10.1. The van der Waals surface area contributed by atoms with E-state index in [0.717, 1.165) is 32.5 Å². The summed E-state index contributed by atoms with van der Waals surface area (Å²) < 4.78 is 6.26. The fourth-order valence-corrected chi connectivity index (χ4v) is 2.42. The Bertz CT molecular complexity index is 978. The van der Waals surface area contributed by atoms with E-state index in [2.05, 4.69) is 39.6 Å². The second kappa shape index (κ2) is 8.25. The minimum atomic E-state index is 0.811. The van der Waals surface area contributed by atoms with Gasteiger partial charge in [-0.15, -0.1) is 0 Å². The first-order chi connectivity index (χ1) is 12.2. The molecule has 0 spiro atoms. The molecule has 0 fully saturated rings. The standard InChI is InChI=1S/C23H15BrO/c1-25-23-4-2-3-21(17-23)12-11-19-7-5-18(6-8-19)9-10-20-13-15-22(24)16-14-20/h2-8,13-17H,1H3. The summed E-state index contributed by atoms with van der Waals surface area (Å²) in [5, 5.41) is 0. The van der Waals surface area contributed by atoms with Gasteiger partial charge in [0, 0.05) is 26.7 Å². The number of hydrogen-bond acceptors (Lipinski definition) is 1. The van der Waals surface area contributed by atoms with Gasteiger partial charge in [-0.1, -0.05) is 45.7 Å². The van der Waals surface area contributed by atoms with Crippen molar-refractivity contribution in [3.63, 3.8) is 0 Å². The quantitative estimate of drug-likeness (QED) is 0.518. The van der Waals surface area contributed by atoms with Crippen LogP contribution in [0, 0.1) is 23.7 Å². The number of hydrogen-bond donors (Lipinski definition) is 0. The zero-order chi connectivity index (χ0) is 17.5. The number of halogens is 1. The molecule has 0 amide bonds. The third-order valence-corrected chi connectivity index (χ3v) is 4.03. The van der Waals surface area contributed by atoms with E-state index in [1.54, 1.807) is 7.11 Å². The van der Waals surface area contributed by atoms with Gasteiger partial charge in [-0.2, -0.15) is 0 Å². The van der Waals surface area contributed by atoms with Crippen molar-refractivity contribution < 1.29 is 4.74 Å². The van der Waals surface area contributed by atoms with Crippen LogP contribution in [0.15, 0.2) is 77.3 Å². The Morgan fingerprint density at radius 1 is 0.640 bits per heavy atom. The van der Waals surface area contributed by atoms with Gasteiger partial charge < -0.3 is 4.74 Å². The Hall–Kier alpha value is -2.94. The zero-order valence-corrected chi connectivity index (χ0v) is 15.3. The Labute approximate surface area is 156 Å². The van der Waals surface area contributed by atoms with Crippen LogP contribution in [0.3, 0.4) is 0 Å². The molecule has 0 bridgehead atoms. The molecule has 0 radical (unpaired) electrons. The highest BCUT2D eigenvalue weighted by atomic mass is 79.9. The van der Waals surface area contributed by atoms with Crippen molar-refractivity contribution in [3.05, 3.63) is 99.5 Å². The highest BCUT2D eigenvalue weighted by Crippen LogP contribution is 2.12. The van der Waals surface area contributed by atoms with Gasteiger partial charge in [-0.25, -0.2) is 0 Å². The maximum absolute atomic E-state index is 5.21. The molecule has 2 heteroatoms. The smallest absolute Gasteiger partial charge is 0.120 e. The van der Waals surface area contributed by atoms with E-state index >= 15 is 0 Å². The second-order valence-corrected chi connectivity index (χ2v) is 6.23. The molecule has 0 aromatic heterocycles. The van der Waals surface area contributed by atoms with Crippen molar-refractivity contribution in [2.45, 2.75) is 0 Å². The molecule has 3 aromatic rings. The first-order valence-corrected chi connectivity index (χ1v) is 8.56. The Balaban J connectivity index is 1.73. The molecule has 0 N–H and O–H groups in total. The normalized spacial score (nSPS) is 9.36. The van der Waals surface area contributed by atoms with Crippen LogP contribution in [0.4, 0.5) is 0 Å². The van der Waals surface area contributed by atoms with Crippen LogP contribution in [0.25, 0.3) is 0 Å². The molecule has 25 heavy (non-hydrogen) atoms. The van der Waals surface area contributed by atoms with Crippen LogP contribution in [0.1, 0.15) is 22.3 Å². The summed E-state index contributed by atoms with van der Waals surface area (Å²) >= 11 is 3.42. The van der Waals surface area contributed by atoms with E-state index in [4.69, 9.17) is 4.74 Å². The van der Waals surface area contributed by atoms with Crippen LogP contribution in [0.5, 0.6) is 5.75 Å². The van der Waals surface area contributed by atoms with Crippen molar-refractivity contribution in [2.75, 3.05) is 7.11 Å². The van der Waals surface area contributed by atoms with E-state index in [1.807, 2.05) is 72.8 Å². The lowest BCUT2D eigenvalue weighted by Crippen LogP contribution is -1.83. The minimum absolute atomic E-state index is 0.811. The van der Waals surface area contributed by atoms with Crippen molar-refractivity contribution in [3.8, 4) is 29.4 Å². The molecule has 0 atom stereocenters. The molecular formula is C23H15BrO. The first kappa shape index (κ1) is 16.9. The summed E-state index contributed by atoms with van der Waals surface area (Å²) in [6, 6.07) is 23.6. The molecule has 3 rings (SSSR count). The second-order valence-electron chi connectivity index (χ2n) is 5.32. The molecule has 0 aliphatic carbocycles. The number of ether oxygens (including phenoxy) is 1. The van der Waals surface area contributed by atoms with Gasteiger partial charge in [-0.05, 0) is 66.7 Å². The molecule has 0 saturated carbocycles. The number of rotatable bonds is 1. The van der Waals surface area contributed by atoms with Gasteiger partial charge >= 0.3 is 0 Å². The average molecular weight is 387 g/mol. The van der Waals surface area contributed by atoms with Crippen LogP contribution < -0.4 is 4.74 Å². The highest BCUT2D eigenvalue weighted by Gasteiger charge is 1.93. The molecular weight excluding hydrogens is 372 g/mol. The third kappa shape index (κ3) is 5.01. The van der Waals surface area contributed by atoms with Gasteiger partial charge in [-0.3, -0.25) is 0 Å². The van der Waals surface area contributed by atoms with Gasteiger partial charge in [0.05, 0.1) is 7.11 Å². The van der Waals surface area contributed by atoms with Crippen LogP contribution in [0.2, 0.25) is 0 Å². The van der Waals surface area contributed by atoms with E-state index < -0.39 is 0 Å². The molecule has 120 valence electrons. The summed E-state index contributed by atoms with van der Waals surface area (Å²) in [4.78, 5) is 0. The van der Waals surface area contributed by atoms with Crippen LogP contribution >= 0.6 is 15.9 Å². The molecule has 0 aliphatic heterocycles. The topological polar surface area (TPSA) is 9.23 Å². The maximum atomic E-state index is 5.21. The minimum Gasteiger partial charge on any atom is -0.497 e. The fraction of sp³-hybridized carbons (Fsp3) is 0.0435. The van der Waals surface area contributed by atoms with Gasteiger partial charge in [0.15, 0.2) is 0 Å². The summed E-state index contributed by atoms with van der Waals surface area (Å²) in [5.41, 5.74) is 3.84. The number of methoxy groups -OCH3 is 1. The molecule has 1 nitrogen and oxygen atoms in total. The van der Waals surface area contributed by atoms with E-state index in [1.165, 1.54) is 0 Å². The number of benzene rings is 3. The predicted octanol–water partition coefficient (Wildman–Crippen LogP) is 5.26. The lowest BCUT2D eigenvalue weighted by molar-refractivity contribution is 0.414. The third-order valence-electron chi connectivity index (χ3n) is 3.50. The monoisotopic (exact) mass is 386 g/mol. The van der Waals surface area contributed by atoms with Crippen LogP contribution in [-0.4, -0.2) is 7.11 Å². The maximum Gasteiger partial charge on any atom is 0.120 e. The summed E-state index contributed by atoms with van der Waals surface area (Å²) in [6.45, 7) is 0. The average Bonchev–Trinajstić information content (AvgIpc) is 2.67. The summed E-state index contributed by atoms with van der Waals surface area (Å²) in [5.74, 6) is 13.4. The van der Waals surface area contributed by atoms with Crippen molar-refractivity contribution in [1.29, 1.82) is 0 Å². The van der Waals surface area contributed by atoms with Gasteiger partial charge in [0.2, 0.25) is 0 Å². The zero-order valence-electron chi connectivity index (χ0n) is 13.7. The predicted molar refractivity (Wildman–Crippen MR) is 106 cm³/mol. The van der Waals surface area contributed by atoms with Crippen molar-refractivity contribution in [2.24, 2.45) is 0 Å². The van der Waals surface area contributed by atoms with Crippen molar-refractivity contribution in [1.82, 2.24) is 0 Å².